The summed E-state index contributed by atoms with van der Waals surface area (Å²) in [5.74, 6) is -1.31. The Morgan fingerprint density at radius 2 is 1.92 bits per heavy atom. The summed E-state index contributed by atoms with van der Waals surface area (Å²) in [6.07, 6.45) is -1.88. The van der Waals surface area contributed by atoms with E-state index in [0.29, 0.717) is 30.8 Å². The summed E-state index contributed by atoms with van der Waals surface area (Å²) in [5, 5.41) is 2.10. The summed E-state index contributed by atoms with van der Waals surface area (Å²) in [5.41, 5.74) is 4.23. The Morgan fingerprint density at radius 3 is 2.58 bits per heavy atom. The lowest BCUT2D eigenvalue weighted by Crippen LogP contribution is -2.37. The van der Waals surface area contributed by atoms with Crippen LogP contribution in [0.2, 0.25) is 0 Å². The molecular weight excluding hydrogens is 511 g/mol. The van der Waals surface area contributed by atoms with Gasteiger partial charge in [-0.3, -0.25) is 24.4 Å². The third-order valence-electron chi connectivity index (χ3n) is 5.73. The zero-order valence-electron chi connectivity index (χ0n) is 20.5. The second-order valence-corrected chi connectivity index (χ2v) is 8.38. The first-order chi connectivity index (χ1) is 18.2. The average Bonchev–Trinajstić information content (AvgIpc) is 2.89. The fourth-order valence-electron chi connectivity index (χ4n) is 3.90. The largest absolute Gasteiger partial charge is 0.491 e. The molecule has 0 unspecified atom stereocenters. The number of ether oxygens (including phenoxy) is 3. The van der Waals surface area contributed by atoms with E-state index >= 15 is 0 Å². The smallest absolute Gasteiger partial charge is 0.406 e. The van der Waals surface area contributed by atoms with Crippen molar-refractivity contribution in [2.24, 2.45) is 0 Å². The second kappa shape index (κ2) is 11.6. The third-order valence-corrected chi connectivity index (χ3v) is 5.73. The minimum absolute atomic E-state index is 0.0523. The Morgan fingerprint density at radius 1 is 1.21 bits per heavy atom. The van der Waals surface area contributed by atoms with E-state index in [4.69, 9.17) is 19.9 Å². The van der Waals surface area contributed by atoms with Crippen LogP contribution in [0.25, 0.3) is 10.9 Å². The van der Waals surface area contributed by atoms with Gasteiger partial charge < -0.3 is 19.9 Å². The van der Waals surface area contributed by atoms with E-state index in [2.05, 4.69) is 25.2 Å². The highest BCUT2D eigenvalue weighted by Crippen LogP contribution is 2.34. The Hall–Kier alpha value is -3.98. The molecule has 15 heteroatoms. The first kappa shape index (κ1) is 27.1. The molecule has 12 nitrogen and oxygen atoms in total. The molecule has 1 fully saturated rings. The van der Waals surface area contributed by atoms with E-state index in [-0.39, 0.29) is 33.9 Å². The summed E-state index contributed by atoms with van der Waals surface area (Å²) >= 11 is 0. The molecule has 4 rings (SSSR count). The van der Waals surface area contributed by atoms with E-state index < -0.39 is 30.1 Å². The van der Waals surface area contributed by atoms with E-state index in [1.807, 2.05) is 0 Å². The van der Waals surface area contributed by atoms with Crippen molar-refractivity contribution in [3.05, 3.63) is 40.4 Å². The number of carbonyl (C=O) groups is 1. The summed E-state index contributed by atoms with van der Waals surface area (Å²) < 4.78 is 56.9. The molecule has 0 saturated carbocycles. The van der Waals surface area contributed by atoms with Gasteiger partial charge >= 0.3 is 6.18 Å². The fraction of sp³-hybridized carbons (Fsp3) is 0.435. The highest BCUT2D eigenvalue weighted by molar-refractivity contribution is 6.03. The van der Waals surface area contributed by atoms with Crippen LogP contribution in [0.3, 0.4) is 0 Å². The fourth-order valence-corrected chi connectivity index (χ4v) is 3.90. The maximum Gasteiger partial charge on any atom is 0.406 e. The molecule has 3 aromatic rings. The standard InChI is InChI=1S/C23H26F3N7O5/c1-36-18-16(38-8-2-5-32-6-9-37-10-7-32)4-3-15-17(18)30-22(33(20(15)35)13-23(24,25)26)31-19(34)14-11-28-21(27)29-12-14/h3-4,11-12H,2,5-10,13H2,1H3,(H2,27,28,29)(H,30,31,34). The maximum atomic E-state index is 13.3. The average molecular weight is 537 g/mol. The molecule has 0 bridgehead atoms. The molecule has 3 N–H and O–H groups in total. The number of nitrogens with zero attached hydrogens (tertiary/aromatic N) is 5. The SMILES string of the molecule is COc1c(OCCCN2CCOCC2)ccc2c(=O)n(CC(F)(F)F)c(NC(=O)c3cnc(N)nc3)nc12. The van der Waals surface area contributed by atoms with Gasteiger partial charge in [0.05, 0.1) is 37.9 Å². The lowest BCUT2D eigenvalue weighted by molar-refractivity contribution is -0.140. The Bertz CT molecular complexity index is 1340. The zero-order chi connectivity index (χ0) is 27.3. The molecule has 0 spiro atoms. The quantitative estimate of drug-likeness (QED) is 0.387. The van der Waals surface area contributed by atoms with Crippen LogP contribution in [0, 0.1) is 0 Å². The lowest BCUT2D eigenvalue weighted by Gasteiger charge is -2.26. The van der Waals surface area contributed by atoms with E-state index in [0.717, 1.165) is 32.0 Å². The van der Waals surface area contributed by atoms with Gasteiger partial charge in [0.25, 0.3) is 11.5 Å². The Balaban J connectivity index is 1.65. The predicted molar refractivity (Wildman–Crippen MR) is 130 cm³/mol. The third kappa shape index (κ3) is 6.47. The molecule has 38 heavy (non-hydrogen) atoms. The van der Waals surface area contributed by atoms with Crippen LogP contribution >= 0.6 is 0 Å². The van der Waals surface area contributed by atoms with Gasteiger partial charge in [-0.05, 0) is 18.6 Å². The van der Waals surface area contributed by atoms with Gasteiger partial charge in [0.15, 0.2) is 11.5 Å². The monoisotopic (exact) mass is 537 g/mol. The number of halogens is 3. The number of aromatic nitrogens is 4. The number of nitrogens with one attached hydrogen (secondary N) is 1. The number of amides is 1. The van der Waals surface area contributed by atoms with Crippen molar-refractivity contribution in [1.29, 1.82) is 0 Å². The van der Waals surface area contributed by atoms with Crippen molar-refractivity contribution < 1.29 is 32.2 Å². The molecule has 204 valence electrons. The van der Waals surface area contributed by atoms with Crippen LogP contribution in [0.4, 0.5) is 25.1 Å². The second-order valence-electron chi connectivity index (χ2n) is 8.38. The predicted octanol–water partition coefficient (Wildman–Crippen LogP) is 1.69. The zero-order valence-corrected chi connectivity index (χ0v) is 20.5. The number of nitrogens with two attached hydrogens (primary N) is 1. The first-order valence-electron chi connectivity index (χ1n) is 11.7. The number of carbonyl (C=O) groups excluding carboxylic acids is 1. The topological polar surface area (TPSA) is 147 Å². The number of methoxy groups -OCH3 is 1. The summed E-state index contributed by atoms with van der Waals surface area (Å²) in [6.45, 7) is 2.48. The van der Waals surface area contributed by atoms with Gasteiger partial charge in [0.2, 0.25) is 11.9 Å². The first-order valence-corrected chi connectivity index (χ1v) is 11.7. The molecule has 1 saturated heterocycles. The molecule has 0 aliphatic carbocycles. The maximum absolute atomic E-state index is 13.3. The number of alkyl halides is 3. The van der Waals surface area contributed by atoms with Gasteiger partial charge in [0, 0.05) is 32.0 Å². The highest BCUT2D eigenvalue weighted by Gasteiger charge is 2.31. The summed E-state index contributed by atoms with van der Waals surface area (Å²) in [7, 11) is 1.32. The normalized spacial score (nSPS) is 14.4. The molecule has 1 aliphatic rings. The Kier molecular flexibility index (Phi) is 8.26. The van der Waals surface area contributed by atoms with Gasteiger partial charge in [-0.25, -0.2) is 15.0 Å². The minimum Gasteiger partial charge on any atom is -0.491 e. The molecule has 1 aliphatic heterocycles. The summed E-state index contributed by atoms with van der Waals surface area (Å²) in [6, 6.07) is 2.76. The number of nitrogen functional groups attached to an aromatic ring is 1. The number of anilines is 2. The van der Waals surface area contributed by atoms with Gasteiger partial charge in [-0.1, -0.05) is 0 Å². The van der Waals surface area contributed by atoms with E-state index in [1.54, 1.807) is 0 Å². The van der Waals surface area contributed by atoms with Gasteiger partial charge in [-0.2, -0.15) is 13.2 Å². The number of fused-ring (bicyclic) bond motifs is 1. The number of rotatable bonds is 9. The molecule has 1 aromatic carbocycles. The number of hydrogen-bond acceptors (Lipinski definition) is 10. The van der Waals surface area contributed by atoms with Crippen LogP contribution in [0.5, 0.6) is 11.5 Å². The van der Waals surface area contributed by atoms with E-state index in [1.165, 1.54) is 19.2 Å². The van der Waals surface area contributed by atoms with E-state index in [9.17, 15) is 22.8 Å². The molecule has 2 aromatic heterocycles. The molecular formula is C23H26F3N7O5. The van der Waals surface area contributed by atoms with Crippen LogP contribution in [-0.4, -0.2) is 83.1 Å². The Labute approximate surface area is 214 Å². The highest BCUT2D eigenvalue weighted by atomic mass is 19.4. The molecule has 3 heterocycles. The van der Waals surface area contributed by atoms with Crippen LogP contribution in [0.15, 0.2) is 29.3 Å². The van der Waals surface area contributed by atoms with Crippen molar-refractivity contribution >= 4 is 28.7 Å². The van der Waals surface area contributed by atoms with Gasteiger partial charge in [0.1, 0.15) is 12.1 Å². The molecule has 1 amide bonds. The van der Waals surface area contributed by atoms with Crippen molar-refractivity contribution in [2.75, 3.05) is 57.6 Å². The molecule has 0 atom stereocenters. The number of morpholine rings is 1. The van der Waals surface area contributed by atoms with Crippen molar-refractivity contribution in [3.8, 4) is 11.5 Å². The minimum atomic E-state index is -4.77. The van der Waals surface area contributed by atoms with Crippen LogP contribution in [-0.2, 0) is 11.3 Å². The van der Waals surface area contributed by atoms with Crippen molar-refractivity contribution in [1.82, 2.24) is 24.4 Å². The number of hydrogen-bond donors (Lipinski definition) is 2. The van der Waals surface area contributed by atoms with Crippen LogP contribution < -0.4 is 26.1 Å². The number of benzene rings is 1. The van der Waals surface area contributed by atoms with Crippen LogP contribution in [0.1, 0.15) is 16.8 Å². The van der Waals surface area contributed by atoms with Crippen molar-refractivity contribution in [2.45, 2.75) is 19.1 Å². The lowest BCUT2D eigenvalue weighted by atomic mass is 10.2. The van der Waals surface area contributed by atoms with Crippen molar-refractivity contribution in [3.63, 3.8) is 0 Å². The summed E-state index contributed by atoms with van der Waals surface area (Å²) in [4.78, 5) is 39.6. The molecule has 0 radical (unpaired) electrons. The van der Waals surface area contributed by atoms with Gasteiger partial charge in [-0.15, -0.1) is 0 Å².